The molecular formula is C17H24ClNO4. The van der Waals surface area contributed by atoms with Gasteiger partial charge in [-0.05, 0) is 44.0 Å². The van der Waals surface area contributed by atoms with Gasteiger partial charge < -0.3 is 14.7 Å². The van der Waals surface area contributed by atoms with Gasteiger partial charge in [0.1, 0.15) is 0 Å². The quantitative estimate of drug-likeness (QED) is 0.700. The van der Waals surface area contributed by atoms with Gasteiger partial charge in [-0.3, -0.25) is 9.59 Å². The average molecular weight is 342 g/mol. The van der Waals surface area contributed by atoms with Gasteiger partial charge in [0.05, 0.1) is 5.92 Å². The smallest absolute Gasteiger partial charge is 0.308 e. The van der Waals surface area contributed by atoms with Crippen LogP contribution in [0.25, 0.3) is 0 Å². The molecule has 0 radical (unpaired) electrons. The van der Waals surface area contributed by atoms with E-state index in [0.717, 1.165) is 5.56 Å². The number of benzene rings is 1. The van der Waals surface area contributed by atoms with Gasteiger partial charge in [-0.15, -0.1) is 0 Å². The molecule has 0 aliphatic heterocycles. The Bertz CT molecular complexity index is 547. The third-order valence-electron chi connectivity index (χ3n) is 3.53. The highest BCUT2D eigenvalue weighted by atomic mass is 35.5. The minimum Gasteiger partial charge on any atom is -0.481 e. The van der Waals surface area contributed by atoms with Gasteiger partial charge in [-0.1, -0.05) is 18.5 Å². The van der Waals surface area contributed by atoms with Crippen molar-refractivity contribution in [3.8, 4) is 0 Å². The molecule has 23 heavy (non-hydrogen) atoms. The highest BCUT2D eigenvalue weighted by molar-refractivity contribution is 6.31. The van der Waals surface area contributed by atoms with Crippen LogP contribution in [-0.4, -0.2) is 48.2 Å². The first-order valence-corrected chi connectivity index (χ1v) is 8.10. The molecular weight excluding hydrogens is 318 g/mol. The Labute approximate surface area is 142 Å². The number of hydrogen-bond donors (Lipinski definition) is 1. The third-order valence-corrected chi connectivity index (χ3v) is 3.95. The Hall–Kier alpha value is -1.59. The summed E-state index contributed by atoms with van der Waals surface area (Å²) in [5, 5.41) is 9.69. The Morgan fingerprint density at radius 3 is 2.65 bits per heavy atom. The van der Waals surface area contributed by atoms with Crippen molar-refractivity contribution in [3.63, 3.8) is 0 Å². The van der Waals surface area contributed by atoms with Crippen LogP contribution < -0.4 is 0 Å². The fraction of sp³-hybridized carbons (Fsp3) is 0.529. The highest BCUT2D eigenvalue weighted by Crippen LogP contribution is 2.18. The number of amides is 1. The number of aliphatic carboxylic acids is 1. The first-order chi connectivity index (χ1) is 10.9. The van der Waals surface area contributed by atoms with Crippen LogP contribution in [0.1, 0.15) is 36.2 Å². The van der Waals surface area contributed by atoms with Crippen molar-refractivity contribution >= 4 is 23.5 Å². The molecule has 0 saturated heterocycles. The molecule has 1 unspecified atom stereocenters. The highest BCUT2D eigenvalue weighted by Gasteiger charge is 2.21. The SMILES string of the molecule is CCOCCCN(CC(C)C(=O)O)C(=O)c1ccc(Cl)c(C)c1. The molecule has 1 N–H and O–H groups in total. The van der Waals surface area contributed by atoms with Crippen molar-refractivity contribution in [2.24, 2.45) is 5.92 Å². The lowest BCUT2D eigenvalue weighted by Crippen LogP contribution is -2.38. The molecule has 6 heteroatoms. The number of ether oxygens (including phenoxy) is 1. The maximum Gasteiger partial charge on any atom is 0.308 e. The average Bonchev–Trinajstić information content (AvgIpc) is 2.52. The van der Waals surface area contributed by atoms with Crippen LogP contribution in [0.15, 0.2) is 18.2 Å². The van der Waals surface area contributed by atoms with E-state index in [1.807, 2.05) is 13.8 Å². The van der Waals surface area contributed by atoms with Crippen LogP contribution in [0, 0.1) is 12.8 Å². The van der Waals surface area contributed by atoms with Gasteiger partial charge in [0, 0.05) is 36.9 Å². The fourth-order valence-electron chi connectivity index (χ4n) is 2.15. The van der Waals surface area contributed by atoms with Crippen molar-refractivity contribution in [3.05, 3.63) is 34.3 Å². The minimum absolute atomic E-state index is 0.169. The third kappa shape index (κ3) is 6.20. The summed E-state index contributed by atoms with van der Waals surface area (Å²) in [5.41, 5.74) is 1.33. The Morgan fingerprint density at radius 2 is 2.09 bits per heavy atom. The largest absolute Gasteiger partial charge is 0.481 e. The minimum atomic E-state index is -0.917. The Balaban J connectivity index is 2.85. The molecule has 0 spiro atoms. The van der Waals surface area contributed by atoms with Crippen molar-refractivity contribution in [1.29, 1.82) is 0 Å². The predicted molar refractivity (Wildman–Crippen MR) is 90.0 cm³/mol. The molecule has 0 fully saturated rings. The molecule has 0 saturated carbocycles. The number of aryl methyl sites for hydroxylation is 1. The molecule has 5 nitrogen and oxygen atoms in total. The van der Waals surface area contributed by atoms with E-state index in [9.17, 15) is 9.59 Å². The van der Waals surface area contributed by atoms with Gasteiger partial charge in [-0.25, -0.2) is 0 Å². The lowest BCUT2D eigenvalue weighted by atomic mass is 10.1. The molecule has 1 rings (SSSR count). The number of carboxylic acids is 1. The summed E-state index contributed by atoms with van der Waals surface area (Å²) in [5.74, 6) is -1.73. The van der Waals surface area contributed by atoms with Gasteiger partial charge in [0.25, 0.3) is 5.91 Å². The lowest BCUT2D eigenvalue weighted by molar-refractivity contribution is -0.141. The molecule has 0 aliphatic carbocycles. The predicted octanol–water partition coefficient (Wildman–Crippen LogP) is 3.24. The standard InChI is InChI=1S/C17H24ClNO4/c1-4-23-9-5-8-19(11-13(3)17(21)22)16(20)14-6-7-15(18)12(2)10-14/h6-7,10,13H,4-5,8-9,11H2,1-3H3,(H,21,22). The number of nitrogens with zero attached hydrogens (tertiary/aromatic N) is 1. The molecule has 128 valence electrons. The molecule has 1 amide bonds. The molecule has 1 aromatic rings. The van der Waals surface area contributed by atoms with Crippen molar-refractivity contribution in [1.82, 2.24) is 4.90 Å². The number of halogens is 1. The van der Waals surface area contributed by atoms with E-state index in [2.05, 4.69) is 0 Å². The number of rotatable bonds is 9. The van der Waals surface area contributed by atoms with E-state index in [0.29, 0.717) is 36.8 Å². The number of hydrogen-bond acceptors (Lipinski definition) is 3. The van der Waals surface area contributed by atoms with Gasteiger partial charge >= 0.3 is 5.97 Å². The van der Waals surface area contributed by atoms with Crippen LogP contribution >= 0.6 is 11.6 Å². The summed E-state index contributed by atoms with van der Waals surface area (Å²) in [7, 11) is 0. The molecule has 0 bridgehead atoms. The zero-order valence-electron chi connectivity index (χ0n) is 13.8. The van der Waals surface area contributed by atoms with E-state index in [1.54, 1.807) is 30.0 Å². The maximum absolute atomic E-state index is 12.7. The summed E-state index contributed by atoms with van der Waals surface area (Å²) >= 11 is 5.99. The van der Waals surface area contributed by atoms with E-state index < -0.39 is 11.9 Å². The van der Waals surface area contributed by atoms with Crippen LogP contribution in [0.3, 0.4) is 0 Å². The van der Waals surface area contributed by atoms with Crippen LogP contribution in [0.2, 0.25) is 5.02 Å². The van der Waals surface area contributed by atoms with Crippen LogP contribution in [0.4, 0.5) is 0 Å². The number of carboxylic acid groups (broad SMARTS) is 1. The fourth-order valence-corrected chi connectivity index (χ4v) is 2.26. The van der Waals surface area contributed by atoms with E-state index in [-0.39, 0.29) is 12.5 Å². The topological polar surface area (TPSA) is 66.8 Å². The summed E-state index contributed by atoms with van der Waals surface area (Å²) in [4.78, 5) is 25.3. The summed E-state index contributed by atoms with van der Waals surface area (Å²) in [6.07, 6.45) is 0.665. The van der Waals surface area contributed by atoms with E-state index in [1.165, 1.54) is 0 Å². The van der Waals surface area contributed by atoms with Crippen molar-refractivity contribution in [2.45, 2.75) is 27.2 Å². The molecule has 1 aromatic carbocycles. The zero-order valence-corrected chi connectivity index (χ0v) is 14.6. The van der Waals surface area contributed by atoms with Gasteiger partial charge in [0.15, 0.2) is 0 Å². The number of carbonyl (C=O) groups excluding carboxylic acids is 1. The normalized spacial score (nSPS) is 12.0. The Kier molecular flexibility index (Phi) is 8.06. The second-order valence-corrected chi connectivity index (χ2v) is 5.91. The van der Waals surface area contributed by atoms with Crippen molar-refractivity contribution < 1.29 is 19.4 Å². The Morgan fingerprint density at radius 1 is 1.39 bits per heavy atom. The van der Waals surface area contributed by atoms with Crippen LogP contribution in [-0.2, 0) is 9.53 Å². The van der Waals surface area contributed by atoms with E-state index >= 15 is 0 Å². The molecule has 1 atom stereocenters. The lowest BCUT2D eigenvalue weighted by Gasteiger charge is -2.25. The molecule has 0 aliphatic rings. The van der Waals surface area contributed by atoms with Crippen molar-refractivity contribution in [2.75, 3.05) is 26.3 Å². The summed E-state index contributed by atoms with van der Waals surface area (Å²) in [6.45, 7) is 7.12. The monoisotopic (exact) mass is 341 g/mol. The van der Waals surface area contributed by atoms with E-state index in [4.69, 9.17) is 21.4 Å². The maximum atomic E-state index is 12.7. The summed E-state index contributed by atoms with van der Waals surface area (Å²) < 4.78 is 5.28. The second-order valence-electron chi connectivity index (χ2n) is 5.50. The summed E-state index contributed by atoms with van der Waals surface area (Å²) in [6, 6.07) is 5.08. The molecule has 0 heterocycles. The second kappa shape index (κ2) is 9.53. The van der Waals surface area contributed by atoms with Crippen LogP contribution in [0.5, 0.6) is 0 Å². The first-order valence-electron chi connectivity index (χ1n) is 7.72. The van der Waals surface area contributed by atoms with Gasteiger partial charge in [-0.2, -0.15) is 0 Å². The first kappa shape index (κ1) is 19.5. The zero-order chi connectivity index (χ0) is 17.4. The number of carbonyl (C=O) groups is 2. The van der Waals surface area contributed by atoms with Gasteiger partial charge in [0.2, 0.25) is 0 Å². The molecule has 0 aromatic heterocycles.